The highest BCUT2D eigenvalue weighted by molar-refractivity contribution is 5.96. The summed E-state index contributed by atoms with van der Waals surface area (Å²) >= 11 is 0. The Kier molecular flexibility index (Phi) is 7.31. The number of carbonyl (C=O) groups is 2. The Morgan fingerprint density at radius 1 is 0.844 bits per heavy atom. The summed E-state index contributed by atoms with van der Waals surface area (Å²) in [6, 6.07) is 24.4. The summed E-state index contributed by atoms with van der Waals surface area (Å²) < 4.78 is 5.80. The van der Waals surface area contributed by atoms with E-state index in [4.69, 9.17) is 4.74 Å². The quantitative estimate of drug-likeness (QED) is 0.515. The SMILES string of the molecule is CC(Oc1ccc(C(C)(C)C)cc1)C(=O)Nc1cccc(NC(=O)Cc2ccccc2)c1. The Hall–Kier alpha value is -3.60. The molecule has 2 amide bonds. The molecular weight excluding hydrogens is 400 g/mol. The van der Waals surface area contributed by atoms with E-state index in [2.05, 4.69) is 31.4 Å². The molecule has 5 heteroatoms. The molecule has 0 aromatic heterocycles. The van der Waals surface area contributed by atoms with Crippen molar-refractivity contribution in [3.05, 3.63) is 90.0 Å². The van der Waals surface area contributed by atoms with Crippen LogP contribution in [0.4, 0.5) is 11.4 Å². The number of anilines is 2. The number of hydrogen-bond donors (Lipinski definition) is 2. The second-order valence-electron chi connectivity index (χ2n) is 8.82. The van der Waals surface area contributed by atoms with E-state index in [9.17, 15) is 9.59 Å². The summed E-state index contributed by atoms with van der Waals surface area (Å²) in [7, 11) is 0. The van der Waals surface area contributed by atoms with Crippen LogP contribution in [0.15, 0.2) is 78.9 Å². The fourth-order valence-corrected chi connectivity index (χ4v) is 3.20. The van der Waals surface area contributed by atoms with E-state index in [1.54, 1.807) is 31.2 Å². The monoisotopic (exact) mass is 430 g/mol. The van der Waals surface area contributed by atoms with Crippen LogP contribution in [0.3, 0.4) is 0 Å². The molecule has 5 nitrogen and oxygen atoms in total. The summed E-state index contributed by atoms with van der Waals surface area (Å²) in [4.78, 5) is 24.9. The van der Waals surface area contributed by atoms with Crippen LogP contribution >= 0.6 is 0 Å². The first kappa shape index (κ1) is 23.1. The van der Waals surface area contributed by atoms with Crippen LogP contribution in [0.25, 0.3) is 0 Å². The number of carbonyl (C=O) groups excluding carboxylic acids is 2. The molecule has 1 unspecified atom stereocenters. The van der Waals surface area contributed by atoms with Gasteiger partial charge in [-0.3, -0.25) is 9.59 Å². The maximum Gasteiger partial charge on any atom is 0.265 e. The number of nitrogens with one attached hydrogen (secondary N) is 2. The molecule has 32 heavy (non-hydrogen) atoms. The van der Waals surface area contributed by atoms with E-state index < -0.39 is 6.10 Å². The van der Waals surface area contributed by atoms with Crippen molar-refractivity contribution in [3.8, 4) is 5.75 Å². The van der Waals surface area contributed by atoms with Gasteiger partial charge in [0, 0.05) is 11.4 Å². The van der Waals surface area contributed by atoms with E-state index in [-0.39, 0.29) is 23.7 Å². The van der Waals surface area contributed by atoms with Crippen molar-refractivity contribution >= 4 is 23.2 Å². The third-order valence-electron chi connectivity index (χ3n) is 5.02. The van der Waals surface area contributed by atoms with Crippen molar-refractivity contribution in [1.29, 1.82) is 0 Å². The van der Waals surface area contributed by atoms with Gasteiger partial charge in [0.1, 0.15) is 5.75 Å². The molecule has 0 aliphatic carbocycles. The molecule has 3 aromatic rings. The van der Waals surface area contributed by atoms with Gasteiger partial charge in [-0.2, -0.15) is 0 Å². The van der Waals surface area contributed by atoms with Gasteiger partial charge >= 0.3 is 0 Å². The maximum absolute atomic E-state index is 12.6. The minimum absolute atomic E-state index is 0.0586. The number of hydrogen-bond acceptors (Lipinski definition) is 3. The van der Waals surface area contributed by atoms with Gasteiger partial charge in [-0.25, -0.2) is 0 Å². The van der Waals surface area contributed by atoms with Crippen molar-refractivity contribution in [1.82, 2.24) is 0 Å². The van der Waals surface area contributed by atoms with Gasteiger partial charge < -0.3 is 15.4 Å². The second-order valence-corrected chi connectivity index (χ2v) is 8.82. The highest BCUT2D eigenvalue weighted by atomic mass is 16.5. The van der Waals surface area contributed by atoms with Crippen LogP contribution < -0.4 is 15.4 Å². The Morgan fingerprint density at radius 3 is 2.09 bits per heavy atom. The molecule has 1 atom stereocenters. The molecule has 0 radical (unpaired) electrons. The van der Waals surface area contributed by atoms with Crippen LogP contribution in [-0.2, 0) is 21.4 Å². The molecule has 0 spiro atoms. The van der Waals surface area contributed by atoms with Gasteiger partial charge in [0.15, 0.2) is 6.10 Å². The minimum atomic E-state index is -0.674. The Labute approximate surface area is 189 Å². The third kappa shape index (κ3) is 6.71. The highest BCUT2D eigenvalue weighted by Gasteiger charge is 2.17. The van der Waals surface area contributed by atoms with Gasteiger partial charge in [-0.05, 0) is 53.8 Å². The zero-order valence-electron chi connectivity index (χ0n) is 19.0. The first-order valence-electron chi connectivity index (χ1n) is 10.7. The van der Waals surface area contributed by atoms with Crippen molar-refractivity contribution in [2.45, 2.75) is 45.6 Å². The summed E-state index contributed by atoms with van der Waals surface area (Å²) in [6.07, 6.45) is -0.386. The fraction of sp³-hybridized carbons (Fsp3) is 0.259. The lowest BCUT2D eigenvalue weighted by molar-refractivity contribution is -0.122. The van der Waals surface area contributed by atoms with E-state index in [1.165, 1.54) is 5.56 Å². The maximum atomic E-state index is 12.6. The lowest BCUT2D eigenvalue weighted by Gasteiger charge is -2.20. The average molecular weight is 431 g/mol. The molecule has 0 saturated carbocycles. The van der Waals surface area contributed by atoms with Gasteiger partial charge in [-0.15, -0.1) is 0 Å². The molecule has 2 N–H and O–H groups in total. The summed E-state index contributed by atoms with van der Waals surface area (Å²) in [5, 5.41) is 5.71. The van der Waals surface area contributed by atoms with Crippen molar-refractivity contribution < 1.29 is 14.3 Å². The summed E-state index contributed by atoms with van der Waals surface area (Å²) in [5.74, 6) is 0.260. The molecule has 0 aliphatic heterocycles. The van der Waals surface area contributed by atoms with Crippen LogP contribution in [0.1, 0.15) is 38.8 Å². The minimum Gasteiger partial charge on any atom is -0.481 e. The smallest absolute Gasteiger partial charge is 0.265 e. The molecule has 0 fully saturated rings. The van der Waals surface area contributed by atoms with Crippen molar-refractivity contribution in [3.63, 3.8) is 0 Å². The van der Waals surface area contributed by atoms with Gasteiger partial charge in [-0.1, -0.05) is 69.3 Å². The Bertz CT molecular complexity index is 1050. The van der Waals surface area contributed by atoms with Gasteiger partial charge in [0.2, 0.25) is 5.91 Å². The molecular formula is C27H30N2O3. The molecule has 0 aliphatic rings. The number of amides is 2. The van der Waals surface area contributed by atoms with Crippen LogP contribution in [0.5, 0.6) is 5.75 Å². The Morgan fingerprint density at radius 2 is 1.47 bits per heavy atom. The van der Waals surface area contributed by atoms with Gasteiger partial charge in [0.05, 0.1) is 6.42 Å². The third-order valence-corrected chi connectivity index (χ3v) is 5.02. The lowest BCUT2D eigenvalue weighted by atomic mass is 9.87. The van der Waals surface area contributed by atoms with E-state index in [1.807, 2.05) is 54.6 Å². The lowest BCUT2D eigenvalue weighted by Crippen LogP contribution is -2.30. The molecule has 0 heterocycles. The number of benzene rings is 3. The molecule has 0 saturated heterocycles. The van der Waals surface area contributed by atoms with Crippen LogP contribution in [-0.4, -0.2) is 17.9 Å². The highest BCUT2D eigenvalue weighted by Crippen LogP contribution is 2.25. The molecule has 0 bridgehead atoms. The topological polar surface area (TPSA) is 67.4 Å². The van der Waals surface area contributed by atoms with Crippen molar-refractivity contribution in [2.24, 2.45) is 0 Å². The number of rotatable bonds is 7. The largest absolute Gasteiger partial charge is 0.481 e. The predicted molar refractivity (Wildman–Crippen MR) is 129 cm³/mol. The van der Waals surface area contributed by atoms with Crippen LogP contribution in [0.2, 0.25) is 0 Å². The first-order valence-corrected chi connectivity index (χ1v) is 10.7. The molecule has 166 valence electrons. The van der Waals surface area contributed by atoms with E-state index in [0.717, 1.165) is 5.56 Å². The zero-order valence-corrected chi connectivity index (χ0v) is 19.0. The van der Waals surface area contributed by atoms with E-state index >= 15 is 0 Å². The van der Waals surface area contributed by atoms with Crippen molar-refractivity contribution in [2.75, 3.05) is 10.6 Å². The van der Waals surface area contributed by atoms with Gasteiger partial charge in [0.25, 0.3) is 5.91 Å². The number of ether oxygens (including phenoxy) is 1. The summed E-state index contributed by atoms with van der Waals surface area (Å²) in [5.41, 5.74) is 3.41. The predicted octanol–water partition coefficient (Wildman–Crippen LogP) is 5.57. The second kappa shape index (κ2) is 10.1. The average Bonchev–Trinajstić information content (AvgIpc) is 2.74. The standard InChI is InChI=1S/C27H30N2O3/c1-19(32-24-15-13-21(14-16-24)27(2,3)4)26(31)29-23-12-8-11-22(18-23)28-25(30)17-20-9-6-5-7-10-20/h5-16,18-19H,17H2,1-4H3,(H,28,30)(H,29,31). The Balaban J connectivity index is 1.56. The normalized spacial score (nSPS) is 12.0. The van der Waals surface area contributed by atoms with E-state index in [0.29, 0.717) is 17.1 Å². The molecule has 3 aromatic carbocycles. The first-order chi connectivity index (χ1) is 15.2. The zero-order chi connectivity index (χ0) is 23.1. The molecule has 3 rings (SSSR count). The fourth-order valence-electron chi connectivity index (χ4n) is 3.20. The summed E-state index contributed by atoms with van der Waals surface area (Å²) in [6.45, 7) is 8.16. The van der Waals surface area contributed by atoms with Crippen LogP contribution in [0, 0.1) is 0 Å².